The lowest BCUT2D eigenvalue weighted by Gasteiger charge is -2.50. The molecule has 0 saturated heterocycles. The minimum absolute atomic E-state index is 0.0777. The third-order valence-electron chi connectivity index (χ3n) is 8.72. The summed E-state index contributed by atoms with van der Waals surface area (Å²) in [5.41, 5.74) is 5.87. The van der Waals surface area contributed by atoms with E-state index in [-0.39, 0.29) is 11.2 Å². The first-order chi connectivity index (χ1) is 16.4. The Kier molecular flexibility index (Phi) is 6.16. The summed E-state index contributed by atoms with van der Waals surface area (Å²) in [5.74, 6) is 0.602. The summed E-state index contributed by atoms with van der Waals surface area (Å²) in [6, 6.07) is 20.6. The van der Waals surface area contributed by atoms with E-state index < -0.39 is 5.60 Å². The number of carbonyl (C=O) groups is 1. The fraction of sp³-hybridized carbons (Fsp3) is 0.419. The van der Waals surface area contributed by atoms with Gasteiger partial charge in [-0.3, -0.25) is 9.78 Å². The molecule has 3 aromatic rings. The Hall–Kier alpha value is -2.78. The lowest BCUT2D eigenvalue weighted by molar-refractivity contribution is -0.0533. The molecule has 1 fully saturated rings. The zero-order valence-electron chi connectivity index (χ0n) is 20.4. The molecule has 0 aliphatic heterocycles. The highest BCUT2D eigenvalue weighted by Gasteiger charge is 2.50. The van der Waals surface area contributed by atoms with Crippen molar-refractivity contribution in [1.82, 2.24) is 4.98 Å². The molecule has 1 N–H and O–H groups in total. The van der Waals surface area contributed by atoms with E-state index in [0.29, 0.717) is 12.3 Å². The Morgan fingerprint density at radius 2 is 1.91 bits per heavy atom. The van der Waals surface area contributed by atoms with Gasteiger partial charge in [-0.2, -0.15) is 0 Å². The predicted octanol–water partition coefficient (Wildman–Crippen LogP) is 6.49. The van der Waals surface area contributed by atoms with Gasteiger partial charge in [-0.1, -0.05) is 55.5 Å². The molecule has 1 aromatic heterocycles. The Balaban J connectivity index is 1.45. The van der Waals surface area contributed by atoms with Crippen molar-refractivity contribution in [2.24, 2.45) is 5.92 Å². The van der Waals surface area contributed by atoms with Crippen LogP contribution < -0.4 is 0 Å². The van der Waals surface area contributed by atoms with Crippen molar-refractivity contribution in [3.63, 3.8) is 0 Å². The van der Waals surface area contributed by atoms with E-state index in [9.17, 15) is 9.90 Å². The van der Waals surface area contributed by atoms with Crippen molar-refractivity contribution in [2.75, 3.05) is 0 Å². The highest BCUT2D eigenvalue weighted by molar-refractivity contribution is 5.97. The van der Waals surface area contributed by atoms with E-state index in [2.05, 4.69) is 36.2 Å². The maximum Gasteiger partial charge on any atom is 0.167 e. The number of carbonyl (C=O) groups excluding carboxylic acids is 1. The number of rotatable bonds is 5. The van der Waals surface area contributed by atoms with Gasteiger partial charge in [-0.05, 0) is 97.6 Å². The van der Waals surface area contributed by atoms with Crippen molar-refractivity contribution in [2.45, 2.75) is 76.2 Å². The first-order valence-corrected chi connectivity index (χ1v) is 12.8. The van der Waals surface area contributed by atoms with Crippen LogP contribution in [0.2, 0.25) is 0 Å². The van der Waals surface area contributed by atoms with Crippen molar-refractivity contribution < 1.29 is 9.90 Å². The van der Waals surface area contributed by atoms with Crippen LogP contribution in [0.15, 0.2) is 66.9 Å². The Morgan fingerprint density at radius 1 is 1.09 bits per heavy atom. The second-order valence-corrected chi connectivity index (χ2v) is 10.4. The average molecular weight is 454 g/mol. The molecule has 2 aliphatic carbocycles. The molecule has 2 aromatic carbocycles. The number of hydrogen-bond acceptors (Lipinski definition) is 3. The molecular formula is C31H35NO2. The normalized spacial score (nSPS) is 26.3. The lowest BCUT2D eigenvalue weighted by atomic mass is 9.56. The standard InChI is InChI=1S/C31H35NO2/c1-3-30-16-17-31(34,26-11-5-4-6-12-26)21-27(30)13-7-9-24-19-25(14-15-28(24)30)29(33)20-23-10-8-18-32-22(23)2/h4-6,8,10-12,14-15,18-19,27,34H,3,7,9,13,16-17,20-21H2,1-2H3/t27-,30+,31-/m0/s1. The van der Waals surface area contributed by atoms with Crippen LogP contribution in [0.1, 0.15) is 83.8 Å². The van der Waals surface area contributed by atoms with E-state index in [0.717, 1.165) is 67.3 Å². The molecule has 34 heavy (non-hydrogen) atoms. The molecule has 1 heterocycles. The second-order valence-electron chi connectivity index (χ2n) is 10.4. The molecule has 0 bridgehead atoms. The van der Waals surface area contributed by atoms with Gasteiger partial charge in [0.25, 0.3) is 0 Å². The first-order valence-electron chi connectivity index (χ1n) is 12.8. The summed E-state index contributed by atoms with van der Waals surface area (Å²) in [7, 11) is 0. The van der Waals surface area contributed by atoms with Crippen LogP contribution in [0.25, 0.3) is 0 Å². The zero-order chi connectivity index (χ0) is 23.8. The fourth-order valence-electron chi connectivity index (χ4n) is 6.72. The van der Waals surface area contributed by atoms with Crippen LogP contribution in [0.5, 0.6) is 0 Å². The van der Waals surface area contributed by atoms with E-state index in [1.807, 2.05) is 43.3 Å². The summed E-state index contributed by atoms with van der Waals surface area (Å²) in [6.07, 6.45) is 9.03. The Morgan fingerprint density at radius 3 is 2.68 bits per heavy atom. The Bertz CT molecular complexity index is 1190. The molecule has 3 nitrogen and oxygen atoms in total. The summed E-state index contributed by atoms with van der Waals surface area (Å²) >= 11 is 0. The van der Waals surface area contributed by atoms with E-state index in [1.165, 1.54) is 11.1 Å². The van der Waals surface area contributed by atoms with Crippen LogP contribution in [-0.2, 0) is 23.9 Å². The molecule has 3 atom stereocenters. The molecule has 5 rings (SSSR count). The van der Waals surface area contributed by atoms with Crippen LogP contribution in [0, 0.1) is 12.8 Å². The van der Waals surface area contributed by atoms with Crippen molar-refractivity contribution in [3.05, 3.63) is 100 Å². The van der Waals surface area contributed by atoms with E-state index >= 15 is 0 Å². The minimum Gasteiger partial charge on any atom is -0.385 e. The van der Waals surface area contributed by atoms with Crippen LogP contribution in [0.4, 0.5) is 0 Å². The number of ketones is 1. The van der Waals surface area contributed by atoms with E-state index in [4.69, 9.17) is 0 Å². The van der Waals surface area contributed by atoms with Crippen molar-refractivity contribution in [3.8, 4) is 0 Å². The van der Waals surface area contributed by atoms with Gasteiger partial charge in [-0.25, -0.2) is 0 Å². The maximum absolute atomic E-state index is 13.2. The average Bonchev–Trinajstić information content (AvgIpc) is 3.02. The molecular weight excluding hydrogens is 418 g/mol. The quantitative estimate of drug-likeness (QED) is 0.449. The molecule has 176 valence electrons. The maximum atomic E-state index is 13.2. The van der Waals surface area contributed by atoms with Gasteiger partial charge in [0.15, 0.2) is 5.78 Å². The molecule has 3 heteroatoms. The number of aromatic nitrogens is 1. The summed E-state index contributed by atoms with van der Waals surface area (Å²) in [4.78, 5) is 17.5. The van der Waals surface area contributed by atoms with Gasteiger partial charge in [0, 0.05) is 23.9 Å². The SMILES string of the molecule is CC[C@@]12CC[C@@](O)(c3ccccc3)C[C@@H]1CCCc1cc(C(=O)Cc3cccnc3C)ccc12. The second kappa shape index (κ2) is 9.11. The molecule has 0 radical (unpaired) electrons. The number of fused-ring (bicyclic) bond motifs is 3. The first kappa shape index (κ1) is 23.0. The fourth-order valence-corrected chi connectivity index (χ4v) is 6.72. The van der Waals surface area contributed by atoms with Gasteiger partial charge in [0.1, 0.15) is 0 Å². The number of Topliss-reactive ketones (excluding diaryl/α,β-unsaturated/α-hetero) is 1. The van der Waals surface area contributed by atoms with Crippen LogP contribution in [0.3, 0.4) is 0 Å². The molecule has 2 aliphatic rings. The number of pyridine rings is 1. The zero-order valence-corrected chi connectivity index (χ0v) is 20.4. The monoisotopic (exact) mass is 453 g/mol. The van der Waals surface area contributed by atoms with Crippen LogP contribution in [-0.4, -0.2) is 15.9 Å². The number of nitrogens with zero attached hydrogens (tertiary/aromatic N) is 1. The summed E-state index contributed by atoms with van der Waals surface area (Å²) in [6.45, 7) is 4.27. The predicted molar refractivity (Wildman–Crippen MR) is 136 cm³/mol. The van der Waals surface area contributed by atoms with E-state index in [1.54, 1.807) is 6.20 Å². The third-order valence-corrected chi connectivity index (χ3v) is 8.72. The van der Waals surface area contributed by atoms with Gasteiger partial charge in [-0.15, -0.1) is 0 Å². The minimum atomic E-state index is -0.743. The Labute approximate surface area is 203 Å². The number of benzene rings is 2. The van der Waals surface area contributed by atoms with Gasteiger partial charge in [0.2, 0.25) is 0 Å². The number of aliphatic hydroxyl groups is 1. The smallest absolute Gasteiger partial charge is 0.167 e. The highest BCUT2D eigenvalue weighted by atomic mass is 16.3. The highest BCUT2D eigenvalue weighted by Crippen LogP contribution is 2.55. The number of aryl methyl sites for hydroxylation is 2. The molecule has 0 unspecified atom stereocenters. The van der Waals surface area contributed by atoms with Gasteiger partial charge < -0.3 is 5.11 Å². The van der Waals surface area contributed by atoms with Crippen LogP contribution >= 0.6 is 0 Å². The molecule has 1 saturated carbocycles. The topological polar surface area (TPSA) is 50.2 Å². The van der Waals surface area contributed by atoms with Crippen molar-refractivity contribution >= 4 is 5.78 Å². The number of hydrogen-bond donors (Lipinski definition) is 1. The molecule has 0 spiro atoms. The lowest BCUT2D eigenvalue weighted by Crippen LogP contribution is -2.46. The van der Waals surface area contributed by atoms with Gasteiger partial charge in [0.05, 0.1) is 5.60 Å². The summed E-state index contributed by atoms with van der Waals surface area (Å²) in [5, 5.41) is 11.7. The van der Waals surface area contributed by atoms with Gasteiger partial charge >= 0.3 is 0 Å². The third kappa shape index (κ3) is 4.01. The largest absolute Gasteiger partial charge is 0.385 e. The summed E-state index contributed by atoms with van der Waals surface area (Å²) < 4.78 is 0. The molecule has 0 amide bonds. The van der Waals surface area contributed by atoms with Crippen molar-refractivity contribution in [1.29, 1.82) is 0 Å².